The molecule has 2 aromatic rings. The first-order valence-corrected chi connectivity index (χ1v) is 7.72. The lowest BCUT2D eigenvalue weighted by atomic mass is 10.0. The minimum atomic E-state index is -0.476. The Morgan fingerprint density at radius 1 is 1.24 bits per heavy atom. The Labute approximate surface area is 137 Å². The quantitative estimate of drug-likeness (QED) is 0.722. The molecule has 0 atom stereocenters. The molecule has 1 amide bonds. The zero-order valence-corrected chi connectivity index (χ0v) is 14.1. The molecule has 0 saturated carbocycles. The van der Waals surface area contributed by atoms with Crippen LogP contribution >= 0.6 is 28.6 Å². The number of hydrogen-bond acceptors (Lipinski definition) is 2. The van der Waals surface area contributed by atoms with E-state index in [0.29, 0.717) is 4.47 Å². The van der Waals surface area contributed by atoms with Crippen LogP contribution in [-0.4, -0.2) is 5.91 Å². The van der Waals surface area contributed by atoms with Gasteiger partial charge < -0.3 is 5.32 Å². The fourth-order valence-corrected chi connectivity index (χ4v) is 2.64. The minimum Gasteiger partial charge on any atom is -0.323 e. The van der Waals surface area contributed by atoms with E-state index in [-0.39, 0.29) is 17.5 Å². The van der Waals surface area contributed by atoms with Gasteiger partial charge in [-0.1, -0.05) is 48.0 Å². The van der Waals surface area contributed by atoms with Crippen LogP contribution in [-0.2, 0) is 4.79 Å². The van der Waals surface area contributed by atoms with Crippen LogP contribution in [0.3, 0.4) is 0 Å². The summed E-state index contributed by atoms with van der Waals surface area (Å²) in [6.07, 6.45) is 0. The van der Waals surface area contributed by atoms with Crippen molar-refractivity contribution in [3.8, 4) is 11.1 Å². The Bertz CT molecular complexity index is 688. The standard InChI is InChI=1S/C16H15BrFNOS/c1-9(2)16(20)19-14-7-11(12(17)8-13(14)18)10-5-3-4-6-15(10)21/h3-9,21H,1-2H3,(H,19,20). The molecule has 1 N–H and O–H groups in total. The summed E-state index contributed by atoms with van der Waals surface area (Å²) in [6.45, 7) is 3.52. The summed E-state index contributed by atoms with van der Waals surface area (Å²) < 4.78 is 14.6. The number of rotatable bonds is 3. The van der Waals surface area contributed by atoms with Gasteiger partial charge in [0.05, 0.1) is 5.69 Å². The van der Waals surface area contributed by atoms with Crippen molar-refractivity contribution in [3.05, 3.63) is 46.7 Å². The highest BCUT2D eigenvalue weighted by atomic mass is 79.9. The van der Waals surface area contributed by atoms with Crippen molar-refractivity contribution in [1.82, 2.24) is 0 Å². The predicted molar refractivity (Wildman–Crippen MR) is 90.3 cm³/mol. The first-order valence-electron chi connectivity index (χ1n) is 6.48. The SMILES string of the molecule is CC(C)C(=O)Nc1cc(-c2ccccc2S)c(Br)cc1F. The zero-order valence-electron chi connectivity index (χ0n) is 11.7. The van der Waals surface area contributed by atoms with Crippen LogP contribution in [0.1, 0.15) is 13.8 Å². The third kappa shape index (κ3) is 3.66. The lowest BCUT2D eigenvalue weighted by Crippen LogP contribution is -2.18. The van der Waals surface area contributed by atoms with Crippen molar-refractivity contribution in [2.75, 3.05) is 5.32 Å². The van der Waals surface area contributed by atoms with Crippen molar-refractivity contribution in [1.29, 1.82) is 0 Å². The molecule has 0 unspecified atom stereocenters. The smallest absolute Gasteiger partial charge is 0.227 e. The Hall–Kier alpha value is -1.33. The maximum absolute atomic E-state index is 14.0. The first kappa shape index (κ1) is 16.0. The molecule has 5 heteroatoms. The Morgan fingerprint density at radius 2 is 1.90 bits per heavy atom. The molecule has 0 spiro atoms. The summed E-state index contributed by atoms with van der Waals surface area (Å²) in [5.74, 6) is -0.911. The Balaban J connectivity index is 2.49. The molecule has 0 radical (unpaired) electrons. The van der Waals surface area contributed by atoms with Gasteiger partial charge in [0.2, 0.25) is 5.91 Å². The third-order valence-corrected chi connectivity index (χ3v) is 4.08. The molecule has 0 aliphatic carbocycles. The molecule has 0 saturated heterocycles. The number of carbonyl (C=O) groups excluding carboxylic acids is 1. The van der Waals surface area contributed by atoms with Crippen molar-refractivity contribution in [2.45, 2.75) is 18.7 Å². The van der Waals surface area contributed by atoms with E-state index >= 15 is 0 Å². The van der Waals surface area contributed by atoms with E-state index in [1.54, 1.807) is 19.9 Å². The summed E-state index contributed by atoms with van der Waals surface area (Å²) in [7, 11) is 0. The number of hydrogen-bond donors (Lipinski definition) is 2. The summed E-state index contributed by atoms with van der Waals surface area (Å²) in [5.41, 5.74) is 1.82. The normalized spacial score (nSPS) is 10.8. The molecule has 2 aromatic carbocycles. The second-order valence-electron chi connectivity index (χ2n) is 4.97. The van der Waals surface area contributed by atoms with Gasteiger partial charge in [-0.05, 0) is 29.3 Å². The molecule has 0 bridgehead atoms. The van der Waals surface area contributed by atoms with Crippen LogP contribution in [0.25, 0.3) is 11.1 Å². The van der Waals surface area contributed by atoms with Crippen LogP contribution in [0.4, 0.5) is 10.1 Å². The largest absolute Gasteiger partial charge is 0.323 e. The minimum absolute atomic E-state index is 0.170. The summed E-state index contributed by atoms with van der Waals surface area (Å²) in [4.78, 5) is 12.5. The van der Waals surface area contributed by atoms with Gasteiger partial charge in [0.25, 0.3) is 0 Å². The van der Waals surface area contributed by atoms with Crippen molar-refractivity contribution >= 4 is 40.2 Å². The van der Waals surface area contributed by atoms with E-state index < -0.39 is 5.82 Å². The number of carbonyl (C=O) groups is 1. The van der Waals surface area contributed by atoms with Crippen molar-refractivity contribution < 1.29 is 9.18 Å². The Morgan fingerprint density at radius 3 is 2.52 bits per heavy atom. The maximum atomic E-state index is 14.0. The van der Waals surface area contributed by atoms with Gasteiger partial charge in [-0.2, -0.15) is 0 Å². The van der Waals surface area contributed by atoms with Gasteiger partial charge >= 0.3 is 0 Å². The van der Waals surface area contributed by atoms with Crippen LogP contribution in [0.2, 0.25) is 0 Å². The molecular formula is C16H15BrFNOS. The highest BCUT2D eigenvalue weighted by Gasteiger charge is 2.15. The van der Waals surface area contributed by atoms with Gasteiger partial charge in [-0.25, -0.2) is 4.39 Å². The van der Waals surface area contributed by atoms with E-state index in [1.807, 2.05) is 24.3 Å². The average molecular weight is 368 g/mol. The Kier molecular flexibility index (Phi) is 5.06. The number of amides is 1. The lowest BCUT2D eigenvalue weighted by molar-refractivity contribution is -0.118. The molecule has 0 aliphatic heterocycles. The van der Waals surface area contributed by atoms with Crippen LogP contribution in [0, 0.1) is 11.7 Å². The molecule has 2 rings (SSSR count). The monoisotopic (exact) mass is 367 g/mol. The fourth-order valence-electron chi connectivity index (χ4n) is 1.83. The van der Waals surface area contributed by atoms with Gasteiger partial charge in [-0.15, -0.1) is 12.6 Å². The third-order valence-electron chi connectivity index (χ3n) is 3.03. The number of thiol groups is 1. The van der Waals surface area contributed by atoms with Crippen molar-refractivity contribution in [2.24, 2.45) is 5.92 Å². The highest BCUT2D eigenvalue weighted by Crippen LogP contribution is 2.35. The van der Waals surface area contributed by atoms with E-state index in [1.165, 1.54) is 6.07 Å². The highest BCUT2D eigenvalue weighted by molar-refractivity contribution is 9.10. The van der Waals surface area contributed by atoms with Gasteiger partial charge in [0.1, 0.15) is 5.82 Å². The first-order chi connectivity index (χ1) is 9.90. The second-order valence-corrected chi connectivity index (χ2v) is 6.31. The number of halogens is 2. The van der Waals surface area contributed by atoms with Gasteiger partial charge in [0.15, 0.2) is 0 Å². The topological polar surface area (TPSA) is 29.1 Å². The van der Waals surface area contributed by atoms with Crippen LogP contribution < -0.4 is 5.32 Å². The van der Waals surface area contributed by atoms with E-state index in [9.17, 15) is 9.18 Å². The average Bonchev–Trinajstić information content (AvgIpc) is 2.42. The van der Waals surface area contributed by atoms with Crippen molar-refractivity contribution in [3.63, 3.8) is 0 Å². The second kappa shape index (κ2) is 6.62. The molecule has 110 valence electrons. The maximum Gasteiger partial charge on any atom is 0.227 e. The van der Waals surface area contributed by atoms with E-state index in [0.717, 1.165) is 16.0 Å². The molecule has 2 nitrogen and oxygen atoms in total. The predicted octanol–water partition coefficient (Wildman–Crippen LogP) is 5.14. The lowest BCUT2D eigenvalue weighted by Gasteiger charge is -2.13. The molecular weight excluding hydrogens is 353 g/mol. The molecule has 0 heterocycles. The number of nitrogens with one attached hydrogen (secondary N) is 1. The molecule has 0 aromatic heterocycles. The van der Waals surface area contributed by atoms with Crippen LogP contribution in [0.15, 0.2) is 45.8 Å². The molecule has 0 fully saturated rings. The summed E-state index contributed by atoms with van der Waals surface area (Å²) >= 11 is 7.78. The number of anilines is 1. The summed E-state index contributed by atoms with van der Waals surface area (Å²) in [5, 5.41) is 2.61. The van der Waals surface area contributed by atoms with E-state index in [4.69, 9.17) is 0 Å². The molecule has 0 aliphatic rings. The van der Waals surface area contributed by atoms with Gasteiger partial charge in [-0.3, -0.25) is 4.79 Å². The van der Waals surface area contributed by atoms with Gasteiger partial charge in [0, 0.05) is 15.3 Å². The summed E-state index contributed by atoms with van der Waals surface area (Å²) in [6, 6.07) is 10.5. The molecule has 21 heavy (non-hydrogen) atoms. The van der Waals surface area contributed by atoms with Crippen LogP contribution in [0.5, 0.6) is 0 Å². The van der Waals surface area contributed by atoms with E-state index in [2.05, 4.69) is 33.9 Å². The fraction of sp³-hybridized carbons (Fsp3) is 0.188. The zero-order chi connectivity index (χ0) is 15.6. The number of benzene rings is 2.